The highest BCUT2D eigenvalue weighted by Gasteiger charge is 2.46. The Balaban J connectivity index is 1.46. The summed E-state index contributed by atoms with van der Waals surface area (Å²) in [6.45, 7) is 2.62. The van der Waals surface area contributed by atoms with Crippen molar-refractivity contribution < 1.29 is 19.4 Å². The van der Waals surface area contributed by atoms with Gasteiger partial charge in [0.05, 0.1) is 11.6 Å². The first-order valence-electron chi connectivity index (χ1n) is 11.9. The molecular weight excluding hydrogens is 466 g/mol. The molecule has 0 saturated carbocycles. The summed E-state index contributed by atoms with van der Waals surface area (Å²) >= 11 is 0. The third-order valence-electron chi connectivity index (χ3n) is 6.42. The second-order valence-electron chi connectivity index (χ2n) is 8.81. The highest BCUT2D eigenvalue weighted by atomic mass is 16.5. The molecule has 1 aliphatic rings. The largest absolute Gasteiger partial charge is 0.507 e. The molecule has 0 spiro atoms. The molecule has 1 atom stereocenters. The molecule has 0 aliphatic carbocycles. The number of hydrogen-bond donors (Lipinski definition) is 1. The van der Waals surface area contributed by atoms with Crippen molar-refractivity contribution in [3.63, 3.8) is 0 Å². The molecule has 1 fully saturated rings. The molecule has 7 nitrogen and oxygen atoms in total. The molecule has 37 heavy (non-hydrogen) atoms. The van der Waals surface area contributed by atoms with Gasteiger partial charge in [-0.3, -0.25) is 19.6 Å². The number of aryl methyl sites for hydroxylation is 1. The van der Waals surface area contributed by atoms with Crippen LogP contribution in [0.1, 0.15) is 33.9 Å². The van der Waals surface area contributed by atoms with E-state index in [0.717, 1.165) is 16.7 Å². The van der Waals surface area contributed by atoms with Crippen LogP contribution in [0.5, 0.6) is 5.75 Å². The fourth-order valence-corrected chi connectivity index (χ4v) is 4.42. The number of aliphatic hydroxyl groups is 1. The number of rotatable bonds is 7. The third-order valence-corrected chi connectivity index (χ3v) is 6.42. The molecule has 0 unspecified atom stereocenters. The van der Waals surface area contributed by atoms with Crippen molar-refractivity contribution in [2.24, 2.45) is 0 Å². The Kier molecular flexibility index (Phi) is 6.76. The number of carbonyl (C=O) groups excluding carboxylic acids is 2. The van der Waals surface area contributed by atoms with Crippen molar-refractivity contribution >= 4 is 17.4 Å². The van der Waals surface area contributed by atoms with Crippen LogP contribution in [-0.2, 0) is 22.7 Å². The van der Waals surface area contributed by atoms with Crippen LogP contribution in [0, 0.1) is 6.92 Å². The van der Waals surface area contributed by atoms with Gasteiger partial charge in [0.15, 0.2) is 0 Å². The summed E-state index contributed by atoms with van der Waals surface area (Å²) in [6, 6.07) is 21.2. The van der Waals surface area contributed by atoms with E-state index in [0.29, 0.717) is 23.5 Å². The summed E-state index contributed by atoms with van der Waals surface area (Å²) in [5, 5.41) is 11.3. The average Bonchev–Trinajstić information content (AvgIpc) is 3.18. The Bertz CT molecular complexity index is 1450. The van der Waals surface area contributed by atoms with Gasteiger partial charge < -0.3 is 14.7 Å². The number of aliphatic hydroxyl groups excluding tert-OH is 1. The maximum atomic E-state index is 13.2. The van der Waals surface area contributed by atoms with Gasteiger partial charge in [0.25, 0.3) is 11.7 Å². The molecule has 5 rings (SSSR count). The minimum atomic E-state index is -0.764. The standard InChI is InChI=1S/C30H25N3O4/c1-20-5-2-3-7-24(20)19-37-25-10-8-23(9-11-25)28(34)26-27(22-12-15-31-16-13-22)33(30(36)29(26)35)18-21-6-4-14-32-17-21/h2-17,27,34H,18-19H2,1H3/t27-/m1/s1. The summed E-state index contributed by atoms with van der Waals surface area (Å²) in [7, 11) is 0. The number of ether oxygens (including phenoxy) is 1. The fourth-order valence-electron chi connectivity index (χ4n) is 4.42. The lowest BCUT2D eigenvalue weighted by Crippen LogP contribution is -2.29. The lowest BCUT2D eigenvalue weighted by molar-refractivity contribution is -0.140. The van der Waals surface area contributed by atoms with E-state index in [1.54, 1.807) is 67.3 Å². The first-order valence-corrected chi connectivity index (χ1v) is 11.9. The van der Waals surface area contributed by atoms with E-state index in [-0.39, 0.29) is 17.9 Å². The molecule has 2 aromatic heterocycles. The van der Waals surface area contributed by atoms with Crippen LogP contribution in [0.4, 0.5) is 0 Å². The van der Waals surface area contributed by atoms with E-state index in [1.807, 2.05) is 37.3 Å². The molecule has 2 aromatic carbocycles. The Labute approximate surface area is 214 Å². The van der Waals surface area contributed by atoms with Crippen molar-refractivity contribution in [1.29, 1.82) is 0 Å². The van der Waals surface area contributed by atoms with E-state index in [4.69, 9.17) is 4.74 Å². The molecule has 3 heterocycles. The fraction of sp³-hybridized carbons (Fsp3) is 0.133. The predicted molar refractivity (Wildman–Crippen MR) is 138 cm³/mol. The maximum Gasteiger partial charge on any atom is 0.295 e. The number of likely N-dealkylation sites (tertiary alicyclic amines) is 1. The van der Waals surface area contributed by atoms with Crippen LogP contribution in [0.3, 0.4) is 0 Å². The Morgan fingerprint density at radius 1 is 0.919 bits per heavy atom. The third kappa shape index (κ3) is 4.97. The molecule has 7 heteroatoms. The minimum Gasteiger partial charge on any atom is -0.507 e. The van der Waals surface area contributed by atoms with E-state index >= 15 is 0 Å². The second kappa shape index (κ2) is 10.5. The monoisotopic (exact) mass is 491 g/mol. The van der Waals surface area contributed by atoms with Gasteiger partial charge in [-0.2, -0.15) is 0 Å². The van der Waals surface area contributed by atoms with Crippen molar-refractivity contribution in [3.05, 3.63) is 131 Å². The van der Waals surface area contributed by atoms with Crippen LogP contribution < -0.4 is 4.74 Å². The molecule has 0 radical (unpaired) electrons. The average molecular weight is 492 g/mol. The number of aromatic nitrogens is 2. The Hall–Kier alpha value is -4.78. The van der Waals surface area contributed by atoms with Crippen LogP contribution in [-0.4, -0.2) is 31.7 Å². The lowest BCUT2D eigenvalue weighted by atomic mass is 9.96. The molecular formula is C30H25N3O4. The zero-order valence-corrected chi connectivity index (χ0v) is 20.2. The first kappa shape index (κ1) is 23.9. The van der Waals surface area contributed by atoms with Gasteiger partial charge in [0.2, 0.25) is 0 Å². The highest BCUT2D eigenvalue weighted by molar-refractivity contribution is 6.46. The molecule has 1 N–H and O–H groups in total. The summed E-state index contributed by atoms with van der Waals surface area (Å²) in [5.41, 5.74) is 4.14. The molecule has 1 saturated heterocycles. The lowest BCUT2D eigenvalue weighted by Gasteiger charge is -2.25. The zero-order chi connectivity index (χ0) is 25.8. The number of nitrogens with zero attached hydrogens (tertiary/aromatic N) is 3. The maximum absolute atomic E-state index is 13.2. The number of ketones is 1. The predicted octanol–water partition coefficient (Wildman–Crippen LogP) is 4.99. The van der Waals surface area contributed by atoms with Crippen LogP contribution in [0.2, 0.25) is 0 Å². The van der Waals surface area contributed by atoms with Crippen molar-refractivity contribution in [3.8, 4) is 5.75 Å². The zero-order valence-electron chi connectivity index (χ0n) is 20.2. The molecule has 184 valence electrons. The van der Waals surface area contributed by atoms with E-state index < -0.39 is 17.7 Å². The number of amides is 1. The van der Waals surface area contributed by atoms with E-state index in [1.165, 1.54) is 4.90 Å². The SMILES string of the molecule is Cc1ccccc1COc1ccc(C(O)=C2C(=O)C(=O)N(Cc3cccnc3)[C@@H]2c2ccncc2)cc1. The smallest absolute Gasteiger partial charge is 0.295 e. The second-order valence-corrected chi connectivity index (χ2v) is 8.81. The van der Waals surface area contributed by atoms with Crippen LogP contribution in [0.25, 0.3) is 5.76 Å². The number of Topliss-reactive ketones (excluding diaryl/α,β-unsaturated/α-hetero) is 1. The summed E-state index contributed by atoms with van der Waals surface area (Å²) < 4.78 is 5.91. The Morgan fingerprint density at radius 3 is 2.38 bits per heavy atom. The highest BCUT2D eigenvalue weighted by Crippen LogP contribution is 2.40. The van der Waals surface area contributed by atoms with Gasteiger partial charge in [-0.25, -0.2) is 0 Å². The Morgan fingerprint density at radius 2 is 1.68 bits per heavy atom. The number of hydrogen-bond acceptors (Lipinski definition) is 6. The van der Waals surface area contributed by atoms with Crippen LogP contribution in [0.15, 0.2) is 103 Å². The first-order chi connectivity index (χ1) is 18.0. The summed E-state index contributed by atoms with van der Waals surface area (Å²) in [5.74, 6) is -1.02. The molecule has 1 aliphatic heterocycles. The number of benzene rings is 2. The molecule has 1 amide bonds. The van der Waals surface area contributed by atoms with Gasteiger partial charge >= 0.3 is 0 Å². The number of pyridine rings is 2. The van der Waals surface area contributed by atoms with Gasteiger partial charge in [0, 0.05) is 36.9 Å². The van der Waals surface area contributed by atoms with Gasteiger partial charge in [-0.05, 0) is 71.6 Å². The number of carbonyl (C=O) groups is 2. The quantitative estimate of drug-likeness (QED) is 0.223. The van der Waals surface area contributed by atoms with E-state index in [2.05, 4.69) is 9.97 Å². The topological polar surface area (TPSA) is 92.6 Å². The summed E-state index contributed by atoms with van der Waals surface area (Å²) in [4.78, 5) is 35.9. The van der Waals surface area contributed by atoms with Crippen molar-refractivity contribution in [2.75, 3.05) is 0 Å². The van der Waals surface area contributed by atoms with E-state index in [9.17, 15) is 14.7 Å². The van der Waals surface area contributed by atoms with Gasteiger partial charge in [-0.1, -0.05) is 30.3 Å². The van der Waals surface area contributed by atoms with Crippen LogP contribution >= 0.6 is 0 Å². The van der Waals surface area contributed by atoms with Crippen molar-refractivity contribution in [2.45, 2.75) is 26.1 Å². The van der Waals surface area contributed by atoms with Gasteiger partial charge in [-0.15, -0.1) is 0 Å². The van der Waals surface area contributed by atoms with Gasteiger partial charge in [0.1, 0.15) is 18.1 Å². The summed E-state index contributed by atoms with van der Waals surface area (Å²) in [6.07, 6.45) is 6.49. The normalized spacial score (nSPS) is 16.7. The van der Waals surface area contributed by atoms with Crippen molar-refractivity contribution in [1.82, 2.24) is 14.9 Å². The molecule has 4 aromatic rings. The minimum absolute atomic E-state index is 0.0358. The molecule has 0 bridgehead atoms.